The van der Waals surface area contributed by atoms with Crippen molar-refractivity contribution in [3.05, 3.63) is 65.2 Å². The van der Waals surface area contributed by atoms with Gasteiger partial charge in [0.2, 0.25) is 5.91 Å². The Morgan fingerprint density at radius 2 is 1.68 bits per heavy atom. The van der Waals surface area contributed by atoms with E-state index in [1.165, 1.54) is 19.2 Å². The third kappa shape index (κ3) is 6.36. The van der Waals surface area contributed by atoms with E-state index in [1.807, 2.05) is 0 Å². The van der Waals surface area contributed by atoms with Crippen LogP contribution in [0.2, 0.25) is 0 Å². The standard InChI is InChI=1S/C18H18F4N4O.HI/c1-23-18(26(2)10-11-3-5-12(19)6-4-11)24-9-15(27)25-14-8-7-13(20)16(21)17(14)22;/h3-8H,9-10H2,1-2H3,(H,23,24)(H,25,27);1H. The summed E-state index contributed by atoms with van der Waals surface area (Å²) >= 11 is 0. The van der Waals surface area contributed by atoms with Crippen molar-refractivity contribution in [3.63, 3.8) is 0 Å². The molecule has 0 aromatic heterocycles. The van der Waals surface area contributed by atoms with Gasteiger partial charge in [0.15, 0.2) is 23.4 Å². The second-order valence-corrected chi connectivity index (χ2v) is 5.65. The van der Waals surface area contributed by atoms with Crippen LogP contribution in [0.25, 0.3) is 0 Å². The Hall–Kier alpha value is -2.37. The number of benzene rings is 2. The molecule has 0 saturated heterocycles. The minimum atomic E-state index is -1.66. The van der Waals surface area contributed by atoms with Crippen molar-refractivity contribution in [2.24, 2.45) is 4.99 Å². The molecule has 152 valence electrons. The van der Waals surface area contributed by atoms with Crippen LogP contribution < -0.4 is 10.6 Å². The van der Waals surface area contributed by atoms with Crippen molar-refractivity contribution >= 4 is 41.5 Å². The summed E-state index contributed by atoms with van der Waals surface area (Å²) in [5.74, 6) is -5.12. The van der Waals surface area contributed by atoms with Gasteiger partial charge in [0.05, 0.1) is 12.2 Å². The van der Waals surface area contributed by atoms with Gasteiger partial charge in [-0.3, -0.25) is 9.79 Å². The van der Waals surface area contributed by atoms with E-state index in [0.717, 1.165) is 17.7 Å². The fourth-order valence-electron chi connectivity index (χ4n) is 2.30. The van der Waals surface area contributed by atoms with Crippen molar-refractivity contribution < 1.29 is 22.4 Å². The summed E-state index contributed by atoms with van der Waals surface area (Å²) in [6.45, 7) is 0.123. The average Bonchev–Trinajstić information content (AvgIpc) is 2.64. The SMILES string of the molecule is CN=C(NCC(=O)Nc1ccc(F)c(F)c1F)N(C)Cc1ccc(F)cc1.I. The molecule has 2 aromatic carbocycles. The summed E-state index contributed by atoms with van der Waals surface area (Å²) in [5.41, 5.74) is 0.366. The lowest BCUT2D eigenvalue weighted by atomic mass is 10.2. The van der Waals surface area contributed by atoms with E-state index in [-0.39, 0.29) is 36.3 Å². The number of nitrogens with zero attached hydrogens (tertiary/aromatic N) is 2. The minimum Gasteiger partial charge on any atom is -0.347 e. The molecule has 0 heterocycles. The quantitative estimate of drug-likeness (QED) is 0.213. The number of carbonyl (C=O) groups excluding carboxylic acids is 1. The van der Waals surface area contributed by atoms with Crippen LogP contribution in [0, 0.1) is 23.3 Å². The summed E-state index contributed by atoms with van der Waals surface area (Å²) in [5, 5.41) is 4.92. The maximum absolute atomic E-state index is 13.6. The summed E-state index contributed by atoms with van der Waals surface area (Å²) in [6, 6.07) is 7.57. The maximum atomic E-state index is 13.6. The Bertz CT molecular complexity index is 846. The van der Waals surface area contributed by atoms with E-state index in [1.54, 1.807) is 24.1 Å². The molecule has 2 rings (SSSR count). The molecular weight excluding hydrogens is 491 g/mol. The Morgan fingerprint density at radius 1 is 1.04 bits per heavy atom. The zero-order chi connectivity index (χ0) is 20.0. The summed E-state index contributed by atoms with van der Waals surface area (Å²) in [4.78, 5) is 17.6. The monoisotopic (exact) mass is 510 g/mol. The van der Waals surface area contributed by atoms with Crippen LogP contribution >= 0.6 is 24.0 Å². The number of guanidine groups is 1. The molecule has 0 bridgehead atoms. The number of anilines is 1. The van der Waals surface area contributed by atoms with Crippen LogP contribution in [0.4, 0.5) is 23.2 Å². The van der Waals surface area contributed by atoms with Gasteiger partial charge in [-0.05, 0) is 29.8 Å². The third-order valence-corrected chi connectivity index (χ3v) is 3.62. The number of halogens is 5. The van der Waals surface area contributed by atoms with Crippen LogP contribution in [0.1, 0.15) is 5.56 Å². The van der Waals surface area contributed by atoms with Gasteiger partial charge in [0.25, 0.3) is 0 Å². The Balaban J connectivity index is 0.00000392. The normalized spacial score (nSPS) is 10.9. The smallest absolute Gasteiger partial charge is 0.243 e. The zero-order valence-electron chi connectivity index (χ0n) is 15.1. The van der Waals surface area contributed by atoms with Gasteiger partial charge in [-0.1, -0.05) is 12.1 Å². The van der Waals surface area contributed by atoms with Crippen molar-refractivity contribution in [2.75, 3.05) is 26.0 Å². The van der Waals surface area contributed by atoms with Gasteiger partial charge < -0.3 is 15.5 Å². The molecule has 0 atom stereocenters. The zero-order valence-corrected chi connectivity index (χ0v) is 17.4. The number of aliphatic imine (C=N–C) groups is 1. The first kappa shape index (κ1) is 23.7. The highest BCUT2D eigenvalue weighted by molar-refractivity contribution is 14.0. The molecule has 0 spiro atoms. The molecule has 10 heteroatoms. The lowest BCUT2D eigenvalue weighted by molar-refractivity contribution is -0.115. The summed E-state index contributed by atoms with van der Waals surface area (Å²) in [7, 11) is 3.22. The molecule has 1 amide bonds. The Kier molecular flexibility index (Phi) is 9.16. The fourth-order valence-corrected chi connectivity index (χ4v) is 2.30. The topological polar surface area (TPSA) is 56.7 Å². The maximum Gasteiger partial charge on any atom is 0.243 e. The molecule has 0 aliphatic heterocycles. The van der Waals surface area contributed by atoms with E-state index in [0.29, 0.717) is 12.5 Å². The summed E-state index contributed by atoms with van der Waals surface area (Å²) < 4.78 is 52.6. The van der Waals surface area contributed by atoms with Crippen LogP contribution in [0.15, 0.2) is 41.4 Å². The number of amides is 1. The van der Waals surface area contributed by atoms with E-state index < -0.39 is 29.0 Å². The first-order valence-electron chi connectivity index (χ1n) is 7.91. The van der Waals surface area contributed by atoms with Gasteiger partial charge in [-0.25, -0.2) is 17.6 Å². The second kappa shape index (κ2) is 10.8. The molecule has 0 radical (unpaired) electrons. The van der Waals surface area contributed by atoms with Crippen molar-refractivity contribution in [2.45, 2.75) is 6.54 Å². The lowest BCUT2D eigenvalue weighted by Crippen LogP contribution is -2.42. The van der Waals surface area contributed by atoms with E-state index >= 15 is 0 Å². The largest absolute Gasteiger partial charge is 0.347 e. The first-order chi connectivity index (χ1) is 12.8. The fraction of sp³-hybridized carbons (Fsp3) is 0.222. The number of carbonyl (C=O) groups is 1. The predicted molar refractivity (Wildman–Crippen MR) is 110 cm³/mol. The molecular formula is C18H19F4IN4O. The molecule has 0 saturated carbocycles. The van der Waals surface area contributed by atoms with Crippen LogP contribution in [0.5, 0.6) is 0 Å². The number of nitrogens with one attached hydrogen (secondary N) is 2. The second-order valence-electron chi connectivity index (χ2n) is 5.65. The number of hydrogen-bond donors (Lipinski definition) is 2. The van der Waals surface area contributed by atoms with E-state index in [4.69, 9.17) is 0 Å². The molecule has 0 aliphatic carbocycles. The van der Waals surface area contributed by atoms with Crippen LogP contribution in [-0.4, -0.2) is 37.4 Å². The lowest BCUT2D eigenvalue weighted by Gasteiger charge is -2.22. The first-order valence-corrected chi connectivity index (χ1v) is 7.91. The van der Waals surface area contributed by atoms with Gasteiger partial charge in [-0.2, -0.15) is 0 Å². The van der Waals surface area contributed by atoms with Gasteiger partial charge in [0, 0.05) is 20.6 Å². The predicted octanol–water partition coefficient (Wildman–Crippen LogP) is 3.51. The molecule has 0 fully saturated rings. The number of hydrogen-bond acceptors (Lipinski definition) is 2. The van der Waals surface area contributed by atoms with Crippen molar-refractivity contribution in [1.82, 2.24) is 10.2 Å². The molecule has 5 nitrogen and oxygen atoms in total. The highest BCUT2D eigenvalue weighted by Gasteiger charge is 2.16. The van der Waals surface area contributed by atoms with Crippen molar-refractivity contribution in [1.29, 1.82) is 0 Å². The molecule has 2 aromatic rings. The highest BCUT2D eigenvalue weighted by atomic mass is 127. The van der Waals surface area contributed by atoms with Crippen LogP contribution in [0.3, 0.4) is 0 Å². The Labute approximate surface area is 176 Å². The molecule has 28 heavy (non-hydrogen) atoms. The molecule has 2 N–H and O–H groups in total. The number of rotatable bonds is 5. The average molecular weight is 510 g/mol. The minimum absolute atomic E-state index is 0. The molecule has 0 unspecified atom stereocenters. The van der Waals surface area contributed by atoms with Gasteiger partial charge in [-0.15, -0.1) is 24.0 Å². The highest BCUT2D eigenvalue weighted by Crippen LogP contribution is 2.19. The van der Waals surface area contributed by atoms with Gasteiger partial charge in [0.1, 0.15) is 5.82 Å². The Morgan fingerprint density at radius 3 is 2.29 bits per heavy atom. The van der Waals surface area contributed by atoms with E-state index in [9.17, 15) is 22.4 Å². The van der Waals surface area contributed by atoms with Crippen LogP contribution in [-0.2, 0) is 11.3 Å². The summed E-state index contributed by atoms with van der Waals surface area (Å²) in [6.07, 6.45) is 0. The van der Waals surface area contributed by atoms with E-state index in [2.05, 4.69) is 15.6 Å². The van der Waals surface area contributed by atoms with Crippen molar-refractivity contribution in [3.8, 4) is 0 Å². The molecule has 0 aliphatic rings. The third-order valence-electron chi connectivity index (χ3n) is 3.62. The van der Waals surface area contributed by atoms with Gasteiger partial charge >= 0.3 is 0 Å².